The summed E-state index contributed by atoms with van der Waals surface area (Å²) in [6, 6.07) is 25.9. The quantitative estimate of drug-likeness (QED) is 0.409. The maximum atomic E-state index is 13.8. The van der Waals surface area contributed by atoms with Gasteiger partial charge in [-0.25, -0.2) is 13.9 Å². The van der Waals surface area contributed by atoms with E-state index in [-0.39, 0.29) is 16.6 Å². The van der Waals surface area contributed by atoms with Crippen LogP contribution in [0.3, 0.4) is 0 Å². The van der Waals surface area contributed by atoms with Crippen LogP contribution in [-0.2, 0) is 7.05 Å². The lowest BCUT2D eigenvalue weighted by Gasteiger charge is -2.19. The molecule has 0 unspecified atom stereocenters. The lowest BCUT2D eigenvalue weighted by molar-refractivity contribution is 0.784. The maximum absolute atomic E-state index is 13.8. The second kappa shape index (κ2) is 8.25. The predicted octanol–water partition coefficient (Wildman–Crippen LogP) is 3.17. The van der Waals surface area contributed by atoms with Crippen molar-refractivity contribution in [1.29, 1.82) is 0 Å². The molecule has 8 nitrogen and oxygen atoms in total. The molecule has 2 aromatic heterocycles. The molecular weight excluding hydrogens is 430 g/mol. The number of fused-ring (bicyclic) bond motifs is 1. The largest absolute Gasteiger partial charge is 0.399 e. The summed E-state index contributed by atoms with van der Waals surface area (Å²) in [5.74, 6) is 0. The Bertz CT molecular complexity index is 1680. The smallest absolute Gasteiger partial charge is 0.341 e. The van der Waals surface area contributed by atoms with Crippen molar-refractivity contribution in [3.8, 4) is 11.4 Å². The molecule has 0 aliphatic carbocycles. The molecule has 0 radical (unpaired) electrons. The van der Waals surface area contributed by atoms with E-state index in [1.807, 2.05) is 12.1 Å². The van der Waals surface area contributed by atoms with Crippen LogP contribution in [0.2, 0.25) is 0 Å². The molecule has 0 amide bonds. The third kappa shape index (κ3) is 3.47. The van der Waals surface area contributed by atoms with E-state index in [2.05, 4.69) is 5.32 Å². The molecule has 0 aliphatic rings. The fourth-order valence-electron chi connectivity index (χ4n) is 3.98. The first-order valence-electron chi connectivity index (χ1n) is 10.6. The van der Waals surface area contributed by atoms with E-state index in [4.69, 9.17) is 5.73 Å². The summed E-state index contributed by atoms with van der Waals surface area (Å²) in [6.07, 6.45) is 0. The molecule has 0 fully saturated rings. The van der Waals surface area contributed by atoms with Crippen molar-refractivity contribution in [2.75, 3.05) is 11.1 Å². The summed E-state index contributed by atoms with van der Waals surface area (Å²) in [7, 11) is 1.54. The monoisotopic (exact) mass is 451 g/mol. The standard InChI is InChI=1S/C26H21N5O3/c1-29-22(32)16-21(28-18-14-12-17(27)13-15-18)23-24(29)30(19-8-4-2-5-9-19)26(34)31(25(23)33)20-10-6-3-7-11-20/h2-16,28H,27H2,1H3. The van der Waals surface area contributed by atoms with Gasteiger partial charge in [-0.15, -0.1) is 0 Å². The number of pyridine rings is 1. The molecule has 3 N–H and O–H groups in total. The minimum absolute atomic E-state index is 0.193. The van der Waals surface area contributed by atoms with Gasteiger partial charge in [0.15, 0.2) is 0 Å². The van der Waals surface area contributed by atoms with Crippen LogP contribution in [0.4, 0.5) is 17.1 Å². The summed E-state index contributed by atoms with van der Waals surface area (Å²) < 4.78 is 3.82. The number of hydrogen-bond donors (Lipinski definition) is 2. The van der Waals surface area contributed by atoms with Crippen LogP contribution >= 0.6 is 0 Å². The molecule has 0 atom stereocenters. The number of nitrogen functional groups attached to an aromatic ring is 1. The molecule has 168 valence electrons. The molecule has 5 rings (SSSR count). The van der Waals surface area contributed by atoms with Crippen LogP contribution in [0, 0.1) is 0 Å². The summed E-state index contributed by atoms with van der Waals surface area (Å²) in [5.41, 5.74) is 6.99. The molecule has 0 bridgehead atoms. The van der Waals surface area contributed by atoms with E-state index >= 15 is 0 Å². The van der Waals surface area contributed by atoms with Gasteiger partial charge in [-0.1, -0.05) is 36.4 Å². The fraction of sp³-hybridized carbons (Fsp3) is 0.0385. The number of aromatic nitrogens is 3. The molecule has 3 aromatic carbocycles. The molecule has 0 saturated heterocycles. The lowest BCUT2D eigenvalue weighted by atomic mass is 10.2. The number of rotatable bonds is 4. The van der Waals surface area contributed by atoms with Crippen molar-refractivity contribution in [3.05, 3.63) is 122 Å². The number of anilines is 3. The minimum Gasteiger partial charge on any atom is -0.399 e. The highest BCUT2D eigenvalue weighted by Gasteiger charge is 2.21. The number of para-hydroxylation sites is 2. The van der Waals surface area contributed by atoms with E-state index in [1.54, 1.807) is 79.8 Å². The molecule has 0 aliphatic heterocycles. The SMILES string of the molecule is Cn1c(=O)cc(Nc2ccc(N)cc2)c2c(=O)n(-c3ccccc3)c(=O)n(-c3ccccc3)c21. The zero-order valence-electron chi connectivity index (χ0n) is 18.3. The molecule has 0 spiro atoms. The van der Waals surface area contributed by atoms with Crippen molar-refractivity contribution in [2.24, 2.45) is 7.05 Å². The molecule has 0 saturated carbocycles. The molecule has 8 heteroatoms. The third-order valence-corrected chi connectivity index (χ3v) is 5.64. The lowest BCUT2D eigenvalue weighted by Crippen LogP contribution is -2.40. The highest BCUT2D eigenvalue weighted by Crippen LogP contribution is 2.24. The molecule has 34 heavy (non-hydrogen) atoms. The molecule has 2 heterocycles. The Morgan fingerprint density at radius 1 is 0.735 bits per heavy atom. The Kier molecular flexibility index (Phi) is 5.10. The maximum Gasteiger partial charge on any atom is 0.341 e. The van der Waals surface area contributed by atoms with Crippen LogP contribution in [0.15, 0.2) is 105 Å². The summed E-state index contributed by atoms with van der Waals surface area (Å²) in [5, 5.41) is 3.36. The fourth-order valence-corrected chi connectivity index (χ4v) is 3.98. The van der Waals surface area contributed by atoms with E-state index in [9.17, 15) is 14.4 Å². The number of nitrogens with two attached hydrogens (primary N) is 1. The summed E-state index contributed by atoms with van der Waals surface area (Å²) in [4.78, 5) is 40.5. The Balaban J connectivity index is 1.95. The first-order valence-corrected chi connectivity index (χ1v) is 10.6. The Morgan fingerprint density at radius 2 is 1.29 bits per heavy atom. The van der Waals surface area contributed by atoms with Crippen LogP contribution in [0.1, 0.15) is 0 Å². The average molecular weight is 451 g/mol. The molecular formula is C26H21N5O3. The van der Waals surface area contributed by atoms with Gasteiger partial charge in [0, 0.05) is 24.5 Å². The number of hydrogen-bond acceptors (Lipinski definition) is 5. The highest BCUT2D eigenvalue weighted by molar-refractivity contribution is 5.91. The first kappa shape index (κ1) is 21.0. The van der Waals surface area contributed by atoms with Gasteiger partial charge in [0.25, 0.3) is 11.1 Å². The number of nitrogens with zero attached hydrogens (tertiary/aromatic N) is 3. The van der Waals surface area contributed by atoms with Gasteiger partial charge in [0.2, 0.25) is 0 Å². The van der Waals surface area contributed by atoms with E-state index in [0.717, 1.165) is 4.57 Å². The van der Waals surface area contributed by atoms with Crippen molar-refractivity contribution >= 4 is 28.1 Å². The van der Waals surface area contributed by atoms with E-state index in [1.165, 1.54) is 15.2 Å². The van der Waals surface area contributed by atoms with Gasteiger partial charge in [-0.2, -0.15) is 0 Å². The summed E-state index contributed by atoms with van der Waals surface area (Å²) in [6.45, 7) is 0. The second-order valence-electron chi connectivity index (χ2n) is 7.83. The first-order chi connectivity index (χ1) is 16.5. The highest BCUT2D eigenvalue weighted by atomic mass is 16.2. The van der Waals surface area contributed by atoms with Gasteiger partial charge < -0.3 is 11.1 Å². The zero-order valence-corrected chi connectivity index (χ0v) is 18.3. The summed E-state index contributed by atoms with van der Waals surface area (Å²) >= 11 is 0. The number of nitrogens with one attached hydrogen (secondary N) is 1. The van der Waals surface area contributed by atoms with Crippen LogP contribution in [0.5, 0.6) is 0 Å². The minimum atomic E-state index is -0.575. The Labute approximate surface area is 193 Å². The van der Waals surface area contributed by atoms with Gasteiger partial charge in [-0.3, -0.25) is 14.2 Å². The third-order valence-electron chi connectivity index (χ3n) is 5.64. The van der Waals surface area contributed by atoms with Crippen molar-refractivity contribution in [1.82, 2.24) is 13.7 Å². The van der Waals surface area contributed by atoms with E-state index in [0.29, 0.717) is 28.4 Å². The van der Waals surface area contributed by atoms with Crippen LogP contribution in [0.25, 0.3) is 22.4 Å². The van der Waals surface area contributed by atoms with Crippen molar-refractivity contribution in [2.45, 2.75) is 0 Å². The van der Waals surface area contributed by atoms with Gasteiger partial charge >= 0.3 is 5.69 Å². The topological polar surface area (TPSA) is 104 Å². The zero-order chi connectivity index (χ0) is 23.8. The average Bonchev–Trinajstić information content (AvgIpc) is 2.85. The van der Waals surface area contributed by atoms with Gasteiger partial charge in [0.1, 0.15) is 11.0 Å². The van der Waals surface area contributed by atoms with E-state index < -0.39 is 11.2 Å². The Hall–Kier alpha value is -4.85. The van der Waals surface area contributed by atoms with Crippen molar-refractivity contribution in [3.63, 3.8) is 0 Å². The normalized spacial score (nSPS) is 11.0. The van der Waals surface area contributed by atoms with Crippen LogP contribution < -0.4 is 27.9 Å². The second-order valence-corrected chi connectivity index (χ2v) is 7.83. The van der Waals surface area contributed by atoms with Crippen LogP contribution in [-0.4, -0.2) is 13.7 Å². The predicted molar refractivity (Wildman–Crippen MR) is 135 cm³/mol. The number of aryl methyl sites for hydroxylation is 1. The Morgan fingerprint density at radius 3 is 1.88 bits per heavy atom. The van der Waals surface area contributed by atoms with Gasteiger partial charge in [-0.05, 0) is 48.5 Å². The van der Waals surface area contributed by atoms with Crippen molar-refractivity contribution < 1.29 is 0 Å². The van der Waals surface area contributed by atoms with Gasteiger partial charge in [0.05, 0.1) is 17.1 Å². The number of benzene rings is 3. The molecule has 5 aromatic rings.